The number of primary amides is 1. The van der Waals surface area contributed by atoms with E-state index in [1.807, 2.05) is 30.3 Å². The van der Waals surface area contributed by atoms with Crippen molar-refractivity contribution >= 4 is 17.9 Å². The van der Waals surface area contributed by atoms with Gasteiger partial charge in [0.25, 0.3) is 0 Å². The summed E-state index contributed by atoms with van der Waals surface area (Å²) in [5, 5.41) is 14.1. The summed E-state index contributed by atoms with van der Waals surface area (Å²) < 4.78 is 5.43. The van der Waals surface area contributed by atoms with Gasteiger partial charge < -0.3 is 30.8 Å². The van der Waals surface area contributed by atoms with Crippen LogP contribution in [0.1, 0.15) is 76.8 Å². The summed E-state index contributed by atoms with van der Waals surface area (Å²) in [5.74, 6) is -0.667. The van der Waals surface area contributed by atoms with E-state index in [4.69, 9.17) is 10.5 Å². The predicted octanol–water partition coefficient (Wildman–Crippen LogP) is 3.23. The molecular weight excluding hydrogens is 486 g/mol. The quantitative estimate of drug-likeness (QED) is 0.352. The maximum atomic E-state index is 14.1. The Hall–Kier alpha value is -3.40. The number of rotatable bonds is 11. The van der Waals surface area contributed by atoms with Crippen LogP contribution in [0.4, 0.5) is 4.79 Å². The van der Waals surface area contributed by atoms with Crippen LogP contribution in [0, 0.1) is 5.92 Å². The first-order valence-corrected chi connectivity index (χ1v) is 13.3. The standard InChI is InChI=1S/C28H41N5O5/c1-28(2,3)38-27(37)32-21(16-19-10-6-4-7-11-19)26(36)33(18-23(29)34)22(17-20-12-8-5-9-13-20)24(35)25-30-14-15-31-25/h4,6-7,10-11,14-15,20-22,24,35H,5,8-9,12-13,16-18H2,1-3H3,(H2,29,34)(H,30,31)(H,32,37)/t21-,22-,24+/m0/s1. The average molecular weight is 528 g/mol. The smallest absolute Gasteiger partial charge is 0.408 e. The molecular formula is C28H41N5O5. The molecule has 0 spiro atoms. The SMILES string of the molecule is CC(C)(C)OC(=O)N[C@@H](Cc1ccccc1)C(=O)N(CC(N)=O)[C@@H](CC1CCCCC1)[C@@H](O)c1ncc[nH]1. The fourth-order valence-corrected chi connectivity index (χ4v) is 5.04. The van der Waals surface area contributed by atoms with Crippen molar-refractivity contribution in [2.45, 2.75) is 89.5 Å². The zero-order chi connectivity index (χ0) is 27.7. The Morgan fingerprint density at radius 3 is 2.45 bits per heavy atom. The fourth-order valence-electron chi connectivity index (χ4n) is 5.04. The molecule has 1 aromatic carbocycles. The molecule has 1 fully saturated rings. The van der Waals surface area contributed by atoms with Gasteiger partial charge in [-0.1, -0.05) is 62.4 Å². The molecule has 0 saturated heterocycles. The van der Waals surface area contributed by atoms with Crippen molar-refractivity contribution in [2.75, 3.05) is 6.54 Å². The van der Waals surface area contributed by atoms with Crippen LogP contribution in [-0.2, 0) is 20.7 Å². The molecule has 1 heterocycles. The molecule has 1 aromatic heterocycles. The molecule has 38 heavy (non-hydrogen) atoms. The molecule has 0 bridgehead atoms. The van der Waals surface area contributed by atoms with Gasteiger partial charge in [0.2, 0.25) is 11.8 Å². The number of hydrogen-bond donors (Lipinski definition) is 4. The number of hydrogen-bond acceptors (Lipinski definition) is 6. The second-order valence-corrected chi connectivity index (χ2v) is 11.0. The summed E-state index contributed by atoms with van der Waals surface area (Å²) in [5.41, 5.74) is 5.66. The van der Waals surface area contributed by atoms with E-state index in [0.717, 1.165) is 37.7 Å². The summed E-state index contributed by atoms with van der Waals surface area (Å²) in [4.78, 5) is 47.6. The number of nitrogens with zero attached hydrogens (tertiary/aromatic N) is 2. The van der Waals surface area contributed by atoms with E-state index in [9.17, 15) is 19.5 Å². The Balaban J connectivity index is 1.96. The van der Waals surface area contributed by atoms with Gasteiger partial charge in [-0.05, 0) is 38.7 Å². The monoisotopic (exact) mass is 527 g/mol. The third kappa shape index (κ3) is 8.86. The number of aromatic amines is 1. The molecule has 208 valence electrons. The van der Waals surface area contributed by atoms with Gasteiger partial charge in [-0.25, -0.2) is 9.78 Å². The molecule has 0 radical (unpaired) electrons. The summed E-state index contributed by atoms with van der Waals surface area (Å²) in [7, 11) is 0. The molecule has 1 aliphatic rings. The lowest BCUT2D eigenvalue weighted by molar-refractivity contribution is -0.143. The van der Waals surface area contributed by atoms with Crippen molar-refractivity contribution < 1.29 is 24.2 Å². The van der Waals surface area contributed by atoms with E-state index in [0.29, 0.717) is 12.2 Å². The van der Waals surface area contributed by atoms with Crippen LogP contribution < -0.4 is 11.1 Å². The number of imidazole rings is 1. The fraction of sp³-hybridized carbons (Fsp3) is 0.571. The lowest BCUT2D eigenvalue weighted by Gasteiger charge is -2.38. The van der Waals surface area contributed by atoms with Gasteiger partial charge in [-0.3, -0.25) is 9.59 Å². The molecule has 1 aliphatic carbocycles. The van der Waals surface area contributed by atoms with E-state index < -0.39 is 48.2 Å². The van der Waals surface area contributed by atoms with Gasteiger partial charge in [-0.2, -0.15) is 0 Å². The Labute approximate surface area is 224 Å². The summed E-state index contributed by atoms with van der Waals surface area (Å²) in [6.07, 6.45) is 7.11. The van der Waals surface area contributed by atoms with Crippen LogP contribution >= 0.6 is 0 Å². The zero-order valence-electron chi connectivity index (χ0n) is 22.6. The van der Waals surface area contributed by atoms with Gasteiger partial charge in [0.05, 0.1) is 12.6 Å². The van der Waals surface area contributed by atoms with Gasteiger partial charge in [0.15, 0.2) is 0 Å². The Kier molecular flexibility index (Phi) is 10.3. The number of nitrogens with two attached hydrogens (primary N) is 1. The first-order chi connectivity index (χ1) is 18.0. The maximum absolute atomic E-state index is 14.1. The highest BCUT2D eigenvalue weighted by Gasteiger charge is 2.38. The molecule has 3 amide bonds. The Morgan fingerprint density at radius 1 is 1.18 bits per heavy atom. The van der Waals surface area contributed by atoms with Gasteiger partial charge in [0.1, 0.15) is 23.6 Å². The van der Waals surface area contributed by atoms with E-state index in [1.54, 1.807) is 27.0 Å². The first-order valence-electron chi connectivity index (χ1n) is 13.3. The lowest BCUT2D eigenvalue weighted by atomic mass is 9.83. The topological polar surface area (TPSA) is 151 Å². The minimum absolute atomic E-state index is 0.168. The number of amides is 3. The molecule has 2 aromatic rings. The van der Waals surface area contributed by atoms with Crippen molar-refractivity contribution in [3.63, 3.8) is 0 Å². The predicted molar refractivity (Wildman–Crippen MR) is 143 cm³/mol. The average Bonchev–Trinajstić information content (AvgIpc) is 3.40. The van der Waals surface area contributed by atoms with Crippen LogP contribution in [0.2, 0.25) is 0 Å². The highest BCUT2D eigenvalue weighted by atomic mass is 16.6. The number of aliphatic hydroxyl groups is 1. The van der Waals surface area contributed by atoms with E-state index >= 15 is 0 Å². The number of aromatic nitrogens is 2. The normalized spacial score (nSPS) is 16.7. The summed E-state index contributed by atoms with van der Waals surface area (Å²) in [6, 6.07) is 7.43. The third-order valence-electron chi connectivity index (χ3n) is 6.74. The molecule has 3 atom stereocenters. The van der Waals surface area contributed by atoms with Gasteiger partial charge >= 0.3 is 6.09 Å². The number of nitrogens with one attached hydrogen (secondary N) is 2. The first kappa shape index (κ1) is 29.2. The number of carbonyl (C=O) groups excluding carboxylic acids is 3. The number of carbonyl (C=O) groups is 3. The van der Waals surface area contributed by atoms with Gasteiger partial charge in [-0.15, -0.1) is 0 Å². The van der Waals surface area contributed by atoms with E-state index in [1.165, 1.54) is 11.1 Å². The van der Waals surface area contributed by atoms with Crippen molar-refractivity contribution in [1.82, 2.24) is 20.2 Å². The lowest BCUT2D eigenvalue weighted by Crippen LogP contribution is -2.57. The molecule has 5 N–H and O–H groups in total. The van der Waals surface area contributed by atoms with E-state index in [2.05, 4.69) is 15.3 Å². The molecule has 3 rings (SSSR count). The largest absolute Gasteiger partial charge is 0.444 e. The van der Waals surface area contributed by atoms with Crippen molar-refractivity contribution in [2.24, 2.45) is 11.7 Å². The van der Waals surface area contributed by atoms with Crippen LogP contribution in [-0.4, -0.2) is 62.1 Å². The Bertz CT molecular complexity index is 1030. The van der Waals surface area contributed by atoms with Crippen LogP contribution in [0.5, 0.6) is 0 Å². The number of benzene rings is 1. The highest BCUT2D eigenvalue weighted by Crippen LogP contribution is 2.33. The minimum Gasteiger partial charge on any atom is -0.444 e. The number of alkyl carbamates (subject to hydrolysis) is 1. The molecule has 10 nitrogen and oxygen atoms in total. The van der Waals surface area contributed by atoms with Crippen molar-refractivity contribution in [3.05, 3.63) is 54.1 Å². The number of aliphatic hydroxyl groups excluding tert-OH is 1. The van der Waals surface area contributed by atoms with E-state index in [-0.39, 0.29) is 12.3 Å². The number of ether oxygens (including phenoxy) is 1. The van der Waals surface area contributed by atoms with Crippen molar-refractivity contribution in [1.29, 1.82) is 0 Å². The van der Waals surface area contributed by atoms with Gasteiger partial charge in [0, 0.05) is 18.8 Å². The maximum Gasteiger partial charge on any atom is 0.408 e. The minimum atomic E-state index is -1.17. The van der Waals surface area contributed by atoms with Crippen molar-refractivity contribution in [3.8, 4) is 0 Å². The molecule has 1 saturated carbocycles. The zero-order valence-corrected chi connectivity index (χ0v) is 22.6. The highest BCUT2D eigenvalue weighted by molar-refractivity contribution is 5.89. The number of H-pyrrole nitrogens is 1. The molecule has 10 heteroatoms. The molecule has 0 aliphatic heterocycles. The van der Waals surface area contributed by atoms with Crippen LogP contribution in [0.15, 0.2) is 42.7 Å². The Morgan fingerprint density at radius 2 is 1.87 bits per heavy atom. The second kappa shape index (κ2) is 13.4. The van der Waals surface area contributed by atoms with Crippen LogP contribution in [0.3, 0.4) is 0 Å². The third-order valence-corrected chi connectivity index (χ3v) is 6.74. The second-order valence-electron chi connectivity index (χ2n) is 11.0. The summed E-state index contributed by atoms with van der Waals surface area (Å²) >= 11 is 0. The molecule has 0 unspecified atom stereocenters. The summed E-state index contributed by atoms with van der Waals surface area (Å²) in [6.45, 7) is 4.80. The van der Waals surface area contributed by atoms with Crippen LogP contribution in [0.25, 0.3) is 0 Å².